The van der Waals surface area contributed by atoms with Crippen LogP contribution in [0.25, 0.3) is 10.6 Å². The summed E-state index contributed by atoms with van der Waals surface area (Å²) in [6.07, 6.45) is 1.39. The first-order valence-corrected chi connectivity index (χ1v) is 12.4. The summed E-state index contributed by atoms with van der Waals surface area (Å²) >= 11 is 1.43. The minimum absolute atomic E-state index is 0.0292. The summed E-state index contributed by atoms with van der Waals surface area (Å²) < 4.78 is 5.23. The van der Waals surface area contributed by atoms with E-state index in [9.17, 15) is 9.59 Å². The molecule has 1 aromatic heterocycles. The Hall–Kier alpha value is -3.23. The maximum Gasteiger partial charge on any atom is 0.278 e. The van der Waals surface area contributed by atoms with Gasteiger partial charge in [-0.25, -0.2) is 4.98 Å². The lowest BCUT2D eigenvalue weighted by Crippen LogP contribution is -2.57. The Bertz CT molecular complexity index is 1180. The van der Waals surface area contributed by atoms with Crippen molar-refractivity contribution in [3.63, 3.8) is 0 Å². The number of carbonyl (C=O) groups excluding carboxylic acids is 2. The molecule has 2 amide bonds. The van der Waals surface area contributed by atoms with Crippen LogP contribution in [0.5, 0.6) is 5.75 Å². The average Bonchev–Trinajstić information content (AvgIpc) is 3.38. The number of nitrogens with zero attached hydrogens (tertiary/aromatic N) is 4. The standard InChI is InChI=1S/C26H28N4O3S/c1-28-13-15-29(16-14-28)26(32)23-12-9-18-5-3-4-6-22(18)30(23)25(31)21-17-34-24(27-21)19-7-10-20(33-2)11-8-19/h3-8,10-11,17,23H,9,12-16H2,1-2H3/t23-/m1/s1. The Morgan fingerprint density at radius 1 is 1.03 bits per heavy atom. The van der Waals surface area contributed by atoms with E-state index >= 15 is 0 Å². The second-order valence-electron chi connectivity index (χ2n) is 8.75. The number of aryl methyl sites for hydroxylation is 1. The van der Waals surface area contributed by atoms with Crippen molar-refractivity contribution in [2.45, 2.75) is 18.9 Å². The molecule has 1 saturated heterocycles. The van der Waals surface area contributed by atoms with Crippen LogP contribution in [-0.4, -0.2) is 73.0 Å². The van der Waals surface area contributed by atoms with Crippen molar-refractivity contribution in [2.24, 2.45) is 0 Å². The number of hydrogen-bond donors (Lipinski definition) is 0. The summed E-state index contributed by atoms with van der Waals surface area (Å²) in [5.41, 5.74) is 3.19. The number of methoxy groups -OCH3 is 1. The van der Waals surface area contributed by atoms with Gasteiger partial charge in [0.25, 0.3) is 5.91 Å². The van der Waals surface area contributed by atoms with Crippen LogP contribution in [0.3, 0.4) is 0 Å². The molecule has 5 rings (SSSR count). The van der Waals surface area contributed by atoms with E-state index in [1.165, 1.54) is 11.3 Å². The van der Waals surface area contributed by atoms with Gasteiger partial charge in [0.1, 0.15) is 22.5 Å². The molecule has 0 spiro atoms. The topological polar surface area (TPSA) is 66.0 Å². The van der Waals surface area contributed by atoms with Gasteiger partial charge in [0, 0.05) is 42.8 Å². The van der Waals surface area contributed by atoms with Gasteiger partial charge in [0.15, 0.2) is 0 Å². The molecule has 7 nitrogen and oxygen atoms in total. The molecular weight excluding hydrogens is 448 g/mol. The minimum Gasteiger partial charge on any atom is -0.497 e. The highest BCUT2D eigenvalue weighted by Gasteiger charge is 2.39. The molecule has 0 N–H and O–H groups in total. The van der Waals surface area contributed by atoms with Crippen molar-refractivity contribution in [1.82, 2.24) is 14.8 Å². The van der Waals surface area contributed by atoms with Crippen LogP contribution in [0.1, 0.15) is 22.5 Å². The number of benzene rings is 2. The first-order chi connectivity index (χ1) is 16.5. The lowest BCUT2D eigenvalue weighted by Gasteiger charge is -2.40. The minimum atomic E-state index is -0.517. The predicted octanol–water partition coefficient (Wildman–Crippen LogP) is 3.55. The molecule has 3 aromatic rings. The maximum atomic E-state index is 13.8. The van der Waals surface area contributed by atoms with Gasteiger partial charge >= 0.3 is 0 Å². The summed E-state index contributed by atoms with van der Waals surface area (Å²) in [5, 5.41) is 2.55. The Morgan fingerprint density at radius 3 is 2.50 bits per heavy atom. The number of likely N-dealkylation sites (N-methyl/N-ethyl adjacent to an activating group) is 1. The molecule has 0 unspecified atom stereocenters. The van der Waals surface area contributed by atoms with Crippen molar-refractivity contribution in [1.29, 1.82) is 0 Å². The van der Waals surface area contributed by atoms with E-state index in [0.29, 0.717) is 25.2 Å². The third-order valence-electron chi connectivity index (χ3n) is 6.63. The molecule has 34 heavy (non-hydrogen) atoms. The normalized spacial score (nSPS) is 18.5. The molecule has 1 atom stereocenters. The Labute approximate surface area is 203 Å². The number of aromatic nitrogens is 1. The van der Waals surface area contributed by atoms with E-state index in [2.05, 4.69) is 16.9 Å². The quantitative estimate of drug-likeness (QED) is 0.576. The number of rotatable bonds is 4. The number of amides is 2. The van der Waals surface area contributed by atoms with Gasteiger partial charge in [0.05, 0.1) is 7.11 Å². The fraction of sp³-hybridized carbons (Fsp3) is 0.346. The van der Waals surface area contributed by atoms with E-state index in [-0.39, 0.29) is 11.8 Å². The number of carbonyl (C=O) groups is 2. The van der Waals surface area contributed by atoms with E-state index in [1.54, 1.807) is 17.4 Å². The van der Waals surface area contributed by atoms with Gasteiger partial charge in [-0.05, 0) is 55.8 Å². The SMILES string of the molecule is COc1ccc(-c2nc(C(=O)N3c4ccccc4CC[C@@H]3C(=O)N3CCN(C)CC3)cs2)cc1. The molecule has 0 saturated carbocycles. The second kappa shape index (κ2) is 9.56. The number of thiazole rings is 1. The molecule has 2 aliphatic rings. The van der Waals surface area contributed by atoms with Gasteiger partial charge in [-0.1, -0.05) is 18.2 Å². The highest BCUT2D eigenvalue weighted by molar-refractivity contribution is 7.13. The molecule has 2 aliphatic heterocycles. The third kappa shape index (κ3) is 4.31. The van der Waals surface area contributed by atoms with Gasteiger partial charge in [-0.3, -0.25) is 14.5 Å². The van der Waals surface area contributed by atoms with E-state index < -0.39 is 6.04 Å². The third-order valence-corrected chi connectivity index (χ3v) is 7.52. The highest BCUT2D eigenvalue weighted by atomic mass is 32.1. The fourth-order valence-corrected chi connectivity index (χ4v) is 5.43. The first kappa shape index (κ1) is 22.6. The zero-order chi connectivity index (χ0) is 23.7. The number of para-hydroxylation sites is 1. The molecule has 2 aromatic carbocycles. The molecule has 0 aliphatic carbocycles. The summed E-state index contributed by atoms with van der Waals surface area (Å²) in [6, 6.07) is 15.0. The van der Waals surface area contributed by atoms with Crippen LogP contribution >= 0.6 is 11.3 Å². The summed E-state index contributed by atoms with van der Waals surface area (Å²) in [5.74, 6) is 0.573. The van der Waals surface area contributed by atoms with Gasteiger partial charge in [-0.2, -0.15) is 0 Å². The molecular formula is C26H28N4O3S. The van der Waals surface area contributed by atoms with E-state index in [4.69, 9.17) is 4.74 Å². The van der Waals surface area contributed by atoms with Crippen LogP contribution in [0, 0.1) is 0 Å². The lowest BCUT2D eigenvalue weighted by atomic mass is 9.94. The number of ether oxygens (including phenoxy) is 1. The van der Waals surface area contributed by atoms with Gasteiger partial charge < -0.3 is 14.5 Å². The lowest BCUT2D eigenvalue weighted by molar-refractivity contribution is -0.134. The number of fused-ring (bicyclic) bond motifs is 1. The monoisotopic (exact) mass is 476 g/mol. The van der Waals surface area contributed by atoms with Gasteiger partial charge in [0.2, 0.25) is 5.91 Å². The van der Waals surface area contributed by atoms with Crippen molar-refractivity contribution >= 4 is 28.8 Å². The predicted molar refractivity (Wildman–Crippen MR) is 134 cm³/mol. The smallest absolute Gasteiger partial charge is 0.278 e. The first-order valence-electron chi connectivity index (χ1n) is 11.5. The summed E-state index contributed by atoms with van der Waals surface area (Å²) in [7, 11) is 3.70. The number of hydrogen-bond acceptors (Lipinski definition) is 6. The van der Waals surface area contributed by atoms with Crippen LogP contribution < -0.4 is 9.64 Å². The van der Waals surface area contributed by atoms with E-state index in [0.717, 1.165) is 47.1 Å². The molecule has 3 heterocycles. The Kier molecular flexibility index (Phi) is 6.34. The van der Waals surface area contributed by atoms with E-state index in [1.807, 2.05) is 53.4 Å². The van der Waals surface area contributed by atoms with Crippen LogP contribution in [0.15, 0.2) is 53.9 Å². The number of piperazine rings is 1. The van der Waals surface area contributed by atoms with Crippen LogP contribution in [0.4, 0.5) is 5.69 Å². The molecule has 1 fully saturated rings. The molecule has 0 bridgehead atoms. The van der Waals surface area contributed by atoms with Crippen molar-refractivity contribution in [3.8, 4) is 16.3 Å². The Morgan fingerprint density at radius 2 is 1.76 bits per heavy atom. The summed E-state index contributed by atoms with van der Waals surface area (Å²) in [6.45, 7) is 3.07. The Balaban J connectivity index is 1.45. The van der Waals surface area contributed by atoms with Crippen molar-refractivity contribution in [3.05, 3.63) is 65.2 Å². The van der Waals surface area contributed by atoms with Crippen molar-refractivity contribution < 1.29 is 14.3 Å². The van der Waals surface area contributed by atoms with Crippen molar-refractivity contribution in [2.75, 3.05) is 45.2 Å². The second-order valence-corrected chi connectivity index (χ2v) is 9.61. The summed E-state index contributed by atoms with van der Waals surface area (Å²) in [4.78, 5) is 37.9. The van der Waals surface area contributed by atoms with Crippen LogP contribution in [-0.2, 0) is 11.2 Å². The average molecular weight is 477 g/mol. The maximum absolute atomic E-state index is 13.8. The van der Waals surface area contributed by atoms with Crippen LogP contribution in [0.2, 0.25) is 0 Å². The molecule has 8 heteroatoms. The molecule has 0 radical (unpaired) electrons. The van der Waals surface area contributed by atoms with Gasteiger partial charge in [-0.15, -0.1) is 11.3 Å². The molecule has 176 valence electrons. The largest absolute Gasteiger partial charge is 0.497 e. The fourth-order valence-electron chi connectivity index (χ4n) is 4.63. The zero-order valence-corrected chi connectivity index (χ0v) is 20.3. The number of anilines is 1. The highest BCUT2D eigenvalue weighted by Crippen LogP contribution is 2.34. The zero-order valence-electron chi connectivity index (χ0n) is 19.4.